The number of anilines is 1. The second-order valence-corrected chi connectivity index (χ2v) is 9.89. The van der Waals surface area contributed by atoms with Crippen LogP contribution in [0.1, 0.15) is 56.4 Å². The molecule has 0 unspecified atom stereocenters. The number of amides is 1. The van der Waals surface area contributed by atoms with Crippen molar-refractivity contribution in [2.24, 2.45) is 0 Å². The molecule has 0 fully saturated rings. The predicted molar refractivity (Wildman–Crippen MR) is 145 cm³/mol. The van der Waals surface area contributed by atoms with Gasteiger partial charge in [0.05, 0.1) is 5.54 Å². The largest absolute Gasteiger partial charge is 0.362 e. The number of benzene rings is 2. The monoisotopic (exact) mass is 466 g/mol. The molecule has 1 aliphatic rings. The molecule has 2 heterocycles. The Morgan fingerprint density at radius 2 is 2.00 bits per heavy atom. The zero-order chi connectivity index (χ0) is 25.2. The van der Waals surface area contributed by atoms with Crippen LogP contribution in [0.15, 0.2) is 54.2 Å². The number of carbonyl (C=O) groups excluding carboxylic acids is 1. The summed E-state index contributed by atoms with van der Waals surface area (Å²) in [4.78, 5) is 18.5. The molecule has 2 aromatic carbocycles. The summed E-state index contributed by atoms with van der Waals surface area (Å²) in [6.07, 6.45) is 7.75. The number of aromatic amines is 1. The summed E-state index contributed by atoms with van der Waals surface area (Å²) >= 11 is 0. The second kappa shape index (κ2) is 9.84. The first-order chi connectivity index (χ1) is 16.7. The molecular formula is C30H34N4O. The molecule has 0 spiro atoms. The Hall–Kier alpha value is -3.78. The first-order valence-electron chi connectivity index (χ1n) is 12.3. The van der Waals surface area contributed by atoms with E-state index in [4.69, 9.17) is 0 Å². The standard InChI is InChI=1S/C30H34N4O/c1-6-13-34-28-14-20(2)23(16-26(28)21(3)17-30(34,4)5)15-24(18-31)29(35)32-12-11-22-19-33-27-10-8-7-9-25(22)27/h7-10,14-17,19,33H,6,11-13H2,1-5H3,(H,32,35)/b24-15+. The van der Waals surface area contributed by atoms with E-state index in [9.17, 15) is 10.1 Å². The van der Waals surface area contributed by atoms with Crippen molar-refractivity contribution in [3.63, 3.8) is 0 Å². The van der Waals surface area contributed by atoms with Gasteiger partial charge >= 0.3 is 0 Å². The van der Waals surface area contributed by atoms with E-state index < -0.39 is 0 Å². The lowest BCUT2D eigenvalue weighted by Gasteiger charge is -2.43. The lowest BCUT2D eigenvalue weighted by Crippen LogP contribution is -2.45. The number of carbonyl (C=O) groups is 1. The molecule has 1 aromatic heterocycles. The minimum absolute atomic E-state index is 0.0562. The van der Waals surface area contributed by atoms with Crippen molar-refractivity contribution in [1.82, 2.24) is 10.3 Å². The fourth-order valence-corrected chi connectivity index (χ4v) is 5.08. The maximum atomic E-state index is 12.8. The van der Waals surface area contributed by atoms with Gasteiger partial charge in [-0.2, -0.15) is 5.26 Å². The topological polar surface area (TPSA) is 71.9 Å². The van der Waals surface area contributed by atoms with E-state index in [-0.39, 0.29) is 17.0 Å². The molecular weight excluding hydrogens is 432 g/mol. The first kappa shape index (κ1) is 24.3. The van der Waals surface area contributed by atoms with Gasteiger partial charge in [0.2, 0.25) is 0 Å². The molecule has 4 rings (SSSR count). The summed E-state index contributed by atoms with van der Waals surface area (Å²) in [6, 6.07) is 14.5. The van der Waals surface area contributed by atoms with Crippen molar-refractivity contribution in [3.8, 4) is 6.07 Å². The lowest BCUT2D eigenvalue weighted by atomic mass is 9.86. The highest BCUT2D eigenvalue weighted by Gasteiger charge is 2.31. The Labute approximate surface area is 208 Å². The molecule has 0 atom stereocenters. The number of hydrogen-bond donors (Lipinski definition) is 2. The van der Waals surface area contributed by atoms with E-state index in [1.807, 2.05) is 31.3 Å². The highest BCUT2D eigenvalue weighted by molar-refractivity contribution is 6.02. The quantitative estimate of drug-likeness (QED) is 0.324. The van der Waals surface area contributed by atoms with Gasteiger partial charge in [0, 0.05) is 41.4 Å². The van der Waals surface area contributed by atoms with Crippen molar-refractivity contribution in [3.05, 3.63) is 76.5 Å². The maximum absolute atomic E-state index is 12.8. The number of nitrogens with zero attached hydrogens (tertiary/aromatic N) is 2. The van der Waals surface area contributed by atoms with Crippen LogP contribution >= 0.6 is 0 Å². The summed E-state index contributed by atoms with van der Waals surface area (Å²) in [6.45, 7) is 12.3. The van der Waals surface area contributed by atoms with E-state index in [2.05, 4.69) is 73.2 Å². The minimum atomic E-state index is -0.342. The number of rotatable bonds is 7. The van der Waals surface area contributed by atoms with Crippen molar-refractivity contribution in [1.29, 1.82) is 5.26 Å². The van der Waals surface area contributed by atoms with E-state index in [0.717, 1.165) is 46.1 Å². The summed E-state index contributed by atoms with van der Waals surface area (Å²) < 4.78 is 0. The fourth-order valence-electron chi connectivity index (χ4n) is 5.08. The lowest BCUT2D eigenvalue weighted by molar-refractivity contribution is -0.117. The summed E-state index contributed by atoms with van der Waals surface area (Å²) in [7, 11) is 0. The Bertz CT molecular complexity index is 1370. The average molecular weight is 467 g/mol. The third-order valence-corrected chi connectivity index (χ3v) is 6.83. The minimum Gasteiger partial charge on any atom is -0.362 e. The van der Waals surface area contributed by atoms with Crippen LogP contribution in [-0.2, 0) is 11.2 Å². The van der Waals surface area contributed by atoms with Crippen LogP contribution < -0.4 is 10.2 Å². The number of fused-ring (bicyclic) bond motifs is 2. The Balaban J connectivity index is 1.54. The third kappa shape index (κ3) is 4.88. The van der Waals surface area contributed by atoms with E-state index >= 15 is 0 Å². The molecule has 0 aliphatic carbocycles. The Kier molecular flexibility index (Phi) is 6.84. The molecule has 0 bridgehead atoms. The van der Waals surface area contributed by atoms with Crippen molar-refractivity contribution >= 4 is 34.1 Å². The fraction of sp³-hybridized carbons (Fsp3) is 0.333. The highest BCUT2D eigenvalue weighted by Crippen LogP contribution is 2.40. The molecule has 180 valence electrons. The third-order valence-electron chi connectivity index (χ3n) is 6.83. The van der Waals surface area contributed by atoms with Crippen LogP contribution in [0.4, 0.5) is 5.69 Å². The van der Waals surface area contributed by atoms with Gasteiger partial charge in [0.1, 0.15) is 11.6 Å². The molecule has 2 N–H and O–H groups in total. The first-order valence-corrected chi connectivity index (χ1v) is 12.3. The molecule has 5 heteroatoms. The predicted octanol–water partition coefficient (Wildman–Crippen LogP) is 6.15. The highest BCUT2D eigenvalue weighted by atomic mass is 16.1. The van der Waals surface area contributed by atoms with Gasteiger partial charge < -0.3 is 15.2 Å². The van der Waals surface area contributed by atoms with Crippen LogP contribution in [0, 0.1) is 18.3 Å². The van der Waals surface area contributed by atoms with Crippen LogP contribution in [-0.4, -0.2) is 29.5 Å². The van der Waals surface area contributed by atoms with Gasteiger partial charge in [-0.1, -0.05) is 31.2 Å². The zero-order valence-corrected chi connectivity index (χ0v) is 21.3. The van der Waals surface area contributed by atoms with Gasteiger partial charge in [-0.15, -0.1) is 0 Å². The number of aryl methyl sites for hydroxylation is 1. The number of allylic oxidation sites excluding steroid dienone is 1. The molecule has 0 radical (unpaired) electrons. The van der Waals surface area contributed by atoms with Crippen LogP contribution in [0.3, 0.4) is 0 Å². The number of H-pyrrole nitrogens is 1. The number of para-hydroxylation sites is 1. The van der Waals surface area contributed by atoms with E-state index in [0.29, 0.717) is 13.0 Å². The van der Waals surface area contributed by atoms with Gasteiger partial charge in [-0.3, -0.25) is 4.79 Å². The average Bonchev–Trinajstić information content (AvgIpc) is 3.23. The zero-order valence-electron chi connectivity index (χ0n) is 21.3. The molecule has 0 saturated carbocycles. The molecule has 3 aromatic rings. The van der Waals surface area contributed by atoms with Crippen molar-refractivity contribution < 1.29 is 4.79 Å². The van der Waals surface area contributed by atoms with Crippen LogP contribution in [0.25, 0.3) is 22.6 Å². The van der Waals surface area contributed by atoms with Gasteiger partial charge in [-0.05, 0) is 87.1 Å². The number of nitriles is 1. The SMILES string of the molecule is CCCN1c2cc(C)c(/C=C(\C#N)C(=O)NCCc3c[nH]c4ccccc34)cc2C(C)=CC1(C)C. The van der Waals surface area contributed by atoms with Crippen LogP contribution in [0.5, 0.6) is 0 Å². The molecule has 5 nitrogen and oxygen atoms in total. The molecule has 35 heavy (non-hydrogen) atoms. The molecule has 1 aliphatic heterocycles. The van der Waals surface area contributed by atoms with Gasteiger partial charge in [0.15, 0.2) is 0 Å². The molecule has 1 amide bonds. The number of nitrogens with one attached hydrogen (secondary N) is 2. The van der Waals surface area contributed by atoms with E-state index in [1.54, 1.807) is 6.08 Å². The number of hydrogen-bond acceptors (Lipinski definition) is 3. The normalized spacial score (nSPS) is 14.9. The van der Waals surface area contributed by atoms with E-state index in [1.165, 1.54) is 11.3 Å². The summed E-state index contributed by atoms with van der Waals surface area (Å²) in [5.41, 5.74) is 7.84. The smallest absolute Gasteiger partial charge is 0.261 e. The van der Waals surface area contributed by atoms with Crippen LogP contribution in [0.2, 0.25) is 0 Å². The van der Waals surface area contributed by atoms with Gasteiger partial charge in [-0.25, -0.2) is 0 Å². The summed E-state index contributed by atoms with van der Waals surface area (Å²) in [5.74, 6) is -0.342. The Morgan fingerprint density at radius 1 is 1.23 bits per heavy atom. The van der Waals surface area contributed by atoms with Gasteiger partial charge in [0.25, 0.3) is 5.91 Å². The second-order valence-electron chi connectivity index (χ2n) is 9.89. The molecule has 0 saturated heterocycles. The number of aromatic nitrogens is 1. The van der Waals surface area contributed by atoms with Crippen molar-refractivity contribution in [2.45, 2.75) is 53.0 Å². The Morgan fingerprint density at radius 3 is 2.74 bits per heavy atom. The maximum Gasteiger partial charge on any atom is 0.261 e. The van der Waals surface area contributed by atoms with Crippen molar-refractivity contribution in [2.75, 3.05) is 18.0 Å². The summed E-state index contributed by atoms with van der Waals surface area (Å²) in [5, 5.41) is 13.8.